The van der Waals surface area contributed by atoms with Crippen molar-refractivity contribution in [3.63, 3.8) is 0 Å². The van der Waals surface area contributed by atoms with Gasteiger partial charge >= 0.3 is 0 Å². The summed E-state index contributed by atoms with van der Waals surface area (Å²) in [6.07, 6.45) is 4.24. The van der Waals surface area contributed by atoms with E-state index in [1.54, 1.807) is 7.11 Å². The van der Waals surface area contributed by atoms with Gasteiger partial charge in [0.1, 0.15) is 5.75 Å². The van der Waals surface area contributed by atoms with Crippen LogP contribution in [0.2, 0.25) is 0 Å². The van der Waals surface area contributed by atoms with Gasteiger partial charge in [-0.1, -0.05) is 0 Å². The van der Waals surface area contributed by atoms with Gasteiger partial charge in [0.05, 0.1) is 24.2 Å². The molecular weight excluding hydrogens is 328 g/mol. The first-order valence-electron chi connectivity index (χ1n) is 9.52. The monoisotopic (exact) mass is 354 g/mol. The van der Waals surface area contributed by atoms with Crippen molar-refractivity contribution in [2.24, 2.45) is 5.92 Å². The van der Waals surface area contributed by atoms with Crippen LogP contribution in [0.15, 0.2) is 18.2 Å². The summed E-state index contributed by atoms with van der Waals surface area (Å²) in [5.41, 5.74) is 1.85. The summed E-state index contributed by atoms with van der Waals surface area (Å²) in [6.45, 7) is 5.46. The molecule has 2 fully saturated rings. The maximum atomic E-state index is 12.8. The van der Waals surface area contributed by atoms with Gasteiger partial charge in [0.25, 0.3) is 0 Å². The summed E-state index contributed by atoms with van der Waals surface area (Å²) < 4.78 is 5.33. The van der Waals surface area contributed by atoms with E-state index in [9.17, 15) is 4.79 Å². The van der Waals surface area contributed by atoms with Gasteiger partial charge in [0.15, 0.2) is 0 Å². The summed E-state index contributed by atoms with van der Waals surface area (Å²) in [5.74, 6) is 1.89. The highest BCUT2D eigenvalue weighted by atomic mass is 16.5. The molecule has 0 aliphatic carbocycles. The lowest BCUT2D eigenvalue weighted by atomic mass is 9.97. The van der Waals surface area contributed by atoms with Gasteiger partial charge in [-0.05, 0) is 44.7 Å². The molecule has 4 rings (SSSR count). The molecule has 138 valence electrons. The first-order valence-corrected chi connectivity index (χ1v) is 9.52. The van der Waals surface area contributed by atoms with Gasteiger partial charge in [0, 0.05) is 37.6 Å². The molecule has 1 aromatic heterocycles. The van der Waals surface area contributed by atoms with E-state index in [1.165, 1.54) is 0 Å². The molecule has 2 aromatic rings. The van der Waals surface area contributed by atoms with Gasteiger partial charge in [0.2, 0.25) is 11.9 Å². The Balaban J connectivity index is 1.58. The van der Waals surface area contributed by atoms with Crippen LogP contribution < -0.4 is 9.64 Å². The zero-order valence-corrected chi connectivity index (χ0v) is 15.6. The molecule has 2 aliphatic rings. The molecule has 0 radical (unpaired) electrons. The fourth-order valence-electron chi connectivity index (χ4n) is 4.08. The molecule has 26 heavy (non-hydrogen) atoms. The third kappa shape index (κ3) is 3.20. The number of anilines is 1. The number of piperidine rings is 1. The lowest BCUT2D eigenvalue weighted by Gasteiger charge is -2.34. The van der Waals surface area contributed by atoms with Crippen LogP contribution in [0.5, 0.6) is 5.75 Å². The summed E-state index contributed by atoms with van der Waals surface area (Å²) >= 11 is 0. The zero-order chi connectivity index (χ0) is 18.1. The minimum Gasteiger partial charge on any atom is -0.497 e. The van der Waals surface area contributed by atoms with E-state index in [4.69, 9.17) is 14.7 Å². The second-order valence-corrected chi connectivity index (χ2v) is 7.31. The zero-order valence-electron chi connectivity index (χ0n) is 15.6. The lowest BCUT2D eigenvalue weighted by molar-refractivity contribution is -0.134. The number of carbonyl (C=O) groups excluding carboxylic acids is 1. The summed E-state index contributed by atoms with van der Waals surface area (Å²) in [5, 5.41) is 1.04. The van der Waals surface area contributed by atoms with Crippen LogP contribution in [0.4, 0.5) is 5.95 Å². The Labute approximate surface area is 154 Å². The fraction of sp³-hybridized carbons (Fsp3) is 0.550. The average Bonchev–Trinajstić information content (AvgIpc) is 3.21. The number of aryl methyl sites for hydroxylation is 1. The number of fused-ring (bicyclic) bond motifs is 1. The minimum absolute atomic E-state index is 0.0618. The van der Waals surface area contributed by atoms with Crippen molar-refractivity contribution in [2.45, 2.75) is 32.6 Å². The summed E-state index contributed by atoms with van der Waals surface area (Å²) in [4.78, 5) is 26.5. The molecule has 0 spiro atoms. The third-order valence-electron chi connectivity index (χ3n) is 5.55. The molecule has 2 saturated heterocycles. The summed E-state index contributed by atoms with van der Waals surface area (Å²) in [6, 6.07) is 5.89. The fourth-order valence-corrected chi connectivity index (χ4v) is 4.08. The Bertz CT molecular complexity index is 817. The van der Waals surface area contributed by atoms with Crippen LogP contribution in [0.1, 0.15) is 31.4 Å². The quantitative estimate of drug-likeness (QED) is 0.848. The maximum Gasteiger partial charge on any atom is 0.227 e. The van der Waals surface area contributed by atoms with Crippen molar-refractivity contribution in [3.8, 4) is 5.75 Å². The van der Waals surface area contributed by atoms with Crippen LogP contribution in [0.25, 0.3) is 10.9 Å². The molecule has 3 heterocycles. The molecule has 0 saturated carbocycles. The number of benzene rings is 1. The van der Waals surface area contributed by atoms with Gasteiger partial charge in [-0.2, -0.15) is 0 Å². The number of hydrogen-bond acceptors (Lipinski definition) is 5. The van der Waals surface area contributed by atoms with E-state index in [0.29, 0.717) is 12.5 Å². The van der Waals surface area contributed by atoms with Crippen molar-refractivity contribution in [1.29, 1.82) is 0 Å². The van der Waals surface area contributed by atoms with Crippen LogP contribution in [-0.4, -0.2) is 54.1 Å². The molecule has 2 aliphatic heterocycles. The van der Waals surface area contributed by atoms with Crippen molar-refractivity contribution in [3.05, 3.63) is 23.9 Å². The second-order valence-electron chi connectivity index (χ2n) is 7.31. The molecule has 6 nitrogen and oxygen atoms in total. The Morgan fingerprint density at radius 3 is 2.73 bits per heavy atom. The van der Waals surface area contributed by atoms with E-state index in [2.05, 4.69) is 4.90 Å². The highest BCUT2D eigenvalue weighted by Gasteiger charge is 2.31. The highest BCUT2D eigenvalue weighted by molar-refractivity contribution is 5.83. The Hall–Kier alpha value is -2.37. The topological polar surface area (TPSA) is 58.6 Å². The number of rotatable bonds is 3. The number of ether oxygens (including phenoxy) is 1. The van der Waals surface area contributed by atoms with Gasteiger partial charge < -0.3 is 14.5 Å². The maximum absolute atomic E-state index is 12.8. The van der Waals surface area contributed by atoms with E-state index < -0.39 is 0 Å². The molecule has 6 heteroatoms. The normalized spacial score (nSPS) is 20.6. The lowest BCUT2D eigenvalue weighted by Crippen LogP contribution is -2.44. The predicted molar refractivity (Wildman–Crippen MR) is 102 cm³/mol. The third-order valence-corrected chi connectivity index (χ3v) is 5.55. The number of hydrogen-bond donors (Lipinski definition) is 0. The molecule has 0 unspecified atom stereocenters. The predicted octanol–water partition coefficient (Wildman–Crippen LogP) is 2.79. The van der Waals surface area contributed by atoms with Gasteiger partial charge in [-0.25, -0.2) is 9.97 Å². The number of methoxy groups -OCH3 is 1. The molecule has 0 bridgehead atoms. The molecule has 0 N–H and O–H groups in total. The summed E-state index contributed by atoms with van der Waals surface area (Å²) in [7, 11) is 1.66. The first-order chi connectivity index (χ1) is 12.7. The minimum atomic E-state index is 0.0618. The van der Waals surface area contributed by atoms with Crippen molar-refractivity contribution in [1.82, 2.24) is 14.9 Å². The second kappa shape index (κ2) is 7.09. The van der Waals surface area contributed by atoms with Crippen molar-refractivity contribution < 1.29 is 9.53 Å². The highest BCUT2D eigenvalue weighted by Crippen LogP contribution is 2.27. The van der Waals surface area contributed by atoms with E-state index in [-0.39, 0.29) is 5.92 Å². The molecule has 1 amide bonds. The number of likely N-dealkylation sites (tertiary alicyclic amines) is 1. The van der Waals surface area contributed by atoms with Gasteiger partial charge in [-0.15, -0.1) is 0 Å². The largest absolute Gasteiger partial charge is 0.497 e. The van der Waals surface area contributed by atoms with Crippen LogP contribution in [0, 0.1) is 12.8 Å². The first kappa shape index (κ1) is 17.1. The van der Waals surface area contributed by atoms with E-state index in [0.717, 1.165) is 73.6 Å². The number of amides is 1. The van der Waals surface area contributed by atoms with E-state index in [1.807, 2.05) is 30.0 Å². The Morgan fingerprint density at radius 2 is 1.96 bits per heavy atom. The molecule has 1 atom stereocenters. The standard InChI is InChI=1S/C20H26N4O2/c1-14-17-8-7-16(26-2)12-18(17)22-20(21-14)24-11-5-6-15(13-24)19(25)23-9-3-4-10-23/h7-8,12,15H,3-6,9-11,13H2,1-2H3/t15-/m1/s1. The number of nitrogens with zero attached hydrogens (tertiary/aromatic N) is 4. The van der Waals surface area contributed by atoms with E-state index >= 15 is 0 Å². The molecule has 1 aromatic carbocycles. The van der Waals surface area contributed by atoms with Gasteiger partial charge in [-0.3, -0.25) is 4.79 Å². The van der Waals surface area contributed by atoms with Crippen LogP contribution >= 0.6 is 0 Å². The smallest absolute Gasteiger partial charge is 0.227 e. The molecular formula is C20H26N4O2. The van der Waals surface area contributed by atoms with Crippen molar-refractivity contribution >= 4 is 22.8 Å². The number of carbonyl (C=O) groups is 1. The Kier molecular flexibility index (Phi) is 4.66. The Morgan fingerprint density at radius 1 is 1.15 bits per heavy atom. The van der Waals surface area contributed by atoms with Crippen LogP contribution in [0.3, 0.4) is 0 Å². The van der Waals surface area contributed by atoms with Crippen LogP contribution in [-0.2, 0) is 4.79 Å². The SMILES string of the molecule is COc1ccc2c(C)nc(N3CCC[C@@H](C(=O)N4CCCC4)C3)nc2c1. The van der Waals surface area contributed by atoms with Crippen molar-refractivity contribution in [2.75, 3.05) is 38.2 Å². The average molecular weight is 354 g/mol. The number of aromatic nitrogens is 2.